The van der Waals surface area contributed by atoms with E-state index in [0.717, 1.165) is 51.4 Å². The lowest BCUT2D eigenvalue weighted by molar-refractivity contribution is -0.870. The number of hydrogen-bond acceptors (Lipinski definition) is 6. The fourth-order valence-electron chi connectivity index (χ4n) is 5.96. The summed E-state index contributed by atoms with van der Waals surface area (Å²) in [7, 11) is 1.23. The van der Waals surface area contributed by atoms with Crippen LogP contribution in [0.1, 0.15) is 181 Å². The first-order valence-corrected chi connectivity index (χ1v) is 22.8. The average molecular weight is 755 g/mol. The number of unbranched alkanes of at least 4 members (excludes halogenated alkanes) is 21. The Morgan fingerprint density at radius 3 is 1.54 bits per heavy atom. The Bertz CT molecular complexity index is 948. The van der Waals surface area contributed by atoms with Crippen molar-refractivity contribution < 1.29 is 32.9 Å². The van der Waals surface area contributed by atoms with E-state index < -0.39 is 26.6 Å². The van der Waals surface area contributed by atoms with Crippen molar-refractivity contribution in [1.82, 2.24) is 5.32 Å². The third-order valence-electron chi connectivity index (χ3n) is 9.34. The largest absolute Gasteiger partial charge is 0.756 e. The molecule has 0 aliphatic rings. The number of allylic oxidation sites excluding steroid dienone is 5. The number of nitrogens with zero attached hydrogens (tertiary/aromatic N) is 1. The van der Waals surface area contributed by atoms with Crippen molar-refractivity contribution in [2.45, 2.75) is 193 Å². The number of phosphoric ester groups is 1. The van der Waals surface area contributed by atoms with Gasteiger partial charge in [-0.1, -0.05) is 172 Å². The molecule has 0 rings (SSSR count). The Morgan fingerprint density at radius 1 is 0.673 bits per heavy atom. The maximum atomic E-state index is 12.8. The van der Waals surface area contributed by atoms with Gasteiger partial charge in [0.2, 0.25) is 5.91 Å². The third-order valence-corrected chi connectivity index (χ3v) is 10.3. The SMILES string of the molecule is CC/C=C/CC/C=C/CC/C=C/C(O)C(COP(=O)([O-])OCC[N+](C)(C)C)NC(=O)CCCCCCCCCCCCCCCCCCCCCC. The lowest BCUT2D eigenvalue weighted by atomic mass is 10.0. The minimum atomic E-state index is -4.59. The van der Waals surface area contributed by atoms with Gasteiger partial charge in [0, 0.05) is 6.42 Å². The second-order valence-corrected chi connectivity index (χ2v) is 17.1. The molecule has 0 aliphatic heterocycles. The van der Waals surface area contributed by atoms with Crippen molar-refractivity contribution in [3.63, 3.8) is 0 Å². The number of aliphatic hydroxyl groups is 1. The van der Waals surface area contributed by atoms with Crippen LogP contribution in [0.2, 0.25) is 0 Å². The van der Waals surface area contributed by atoms with Crippen molar-refractivity contribution >= 4 is 13.7 Å². The quantitative estimate of drug-likeness (QED) is 0.0281. The van der Waals surface area contributed by atoms with Crippen LogP contribution >= 0.6 is 7.82 Å². The van der Waals surface area contributed by atoms with Gasteiger partial charge in [-0.05, 0) is 38.5 Å². The first-order valence-electron chi connectivity index (χ1n) is 21.4. The van der Waals surface area contributed by atoms with Gasteiger partial charge in [0.05, 0.1) is 39.9 Å². The fraction of sp³-hybridized carbons (Fsp3) is 0.837. The van der Waals surface area contributed by atoms with Crippen molar-refractivity contribution in [1.29, 1.82) is 0 Å². The number of hydrogen-bond donors (Lipinski definition) is 2. The summed E-state index contributed by atoms with van der Waals surface area (Å²) in [6.07, 6.45) is 42.1. The zero-order valence-electron chi connectivity index (χ0n) is 34.5. The summed E-state index contributed by atoms with van der Waals surface area (Å²) in [5, 5.41) is 13.7. The van der Waals surface area contributed by atoms with Crippen LogP contribution in [0, 0.1) is 0 Å². The highest BCUT2D eigenvalue weighted by atomic mass is 31.2. The van der Waals surface area contributed by atoms with Crippen LogP contribution in [0.5, 0.6) is 0 Å². The van der Waals surface area contributed by atoms with Crippen LogP contribution in [0.25, 0.3) is 0 Å². The normalized spacial score (nSPS) is 14.8. The Labute approximate surface area is 321 Å². The van der Waals surface area contributed by atoms with Crippen LogP contribution in [-0.4, -0.2) is 68.5 Å². The van der Waals surface area contributed by atoms with Crippen LogP contribution in [0.4, 0.5) is 0 Å². The molecule has 0 heterocycles. The molecule has 0 aromatic rings. The minimum absolute atomic E-state index is 0.00832. The number of carbonyl (C=O) groups excluding carboxylic acids is 1. The number of phosphoric acid groups is 1. The molecule has 0 bridgehead atoms. The van der Waals surface area contributed by atoms with Gasteiger partial charge in [-0.2, -0.15) is 0 Å². The van der Waals surface area contributed by atoms with E-state index in [1.165, 1.54) is 109 Å². The van der Waals surface area contributed by atoms with E-state index in [1.54, 1.807) is 6.08 Å². The smallest absolute Gasteiger partial charge is 0.268 e. The number of quaternary nitrogens is 1. The molecule has 8 nitrogen and oxygen atoms in total. The van der Waals surface area contributed by atoms with Gasteiger partial charge >= 0.3 is 0 Å². The van der Waals surface area contributed by atoms with E-state index in [4.69, 9.17) is 9.05 Å². The summed E-state index contributed by atoms with van der Waals surface area (Å²) < 4.78 is 23.1. The second-order valence-electron chi connectivity index (χ2n) is 15.7. The Hall–Kier alpha value is -1.28. The summed E-state index contributed by atoms with van der Waals surface area (Å²) in [4.78, 5) is 25.2. The molecule has 0 fully saturated rings. The first-order chi connectivity index (χ1) is 25.0. The molecular weight excluding hydrogens is 671 g/mol. The van der Waals surface area contributed by atoms with Crippen LogP contribution < -0.4 is 10.2 Å². The number of nitrogens with one attached hydrogen (secondary N) is 1. The molecule has 0 aliphatic carbocycles. The number of likely N-dealkylation sites (N-methyl/N-ethyl adjacent to an activating group) is 1. The Kier molecular flexibility index (Phi) is 34.6. The molecule has 1 amide bonds. The molecule has 0 saturated carbocycles. The van der Waals surface area contributed by atoms with Gasteiger partial charge in [0.15, 0.2) is 0 Å². The molecule has 306 valence electrons. The van der Waals surface area contributed by atoms with Crippen molar-refractivity contribution in [2.75, 3.05) is 40.9 Å². The molecule has 0 aromatic heterocycles. The van der Waals surface area contributed by atoms with E-state index in [1.807, 2.05) is 27.2 Å². The lowest BCUT2D eigenvalue weighted by Crippen LogP contribution is -2.45. The standard InChI is InChI=1S/C43H83N2O6P/c1-6-8-10-12-14-16-18-19-20-21-22-23-24-25-26-27-29-31-33-35-37-43(47)44-41(40-51-52(48,49)50-39-38-45(3,4)5)42(46)36-34-32-30-28-17-15-13-11-9-7-2/h9,11,17,28,34,36,41-42,46H,6-8,10,12-16,18-27,29-33,35,37-40H2,1-5H3,(H-,44,47,48,49)/b11-9+,28-17+,36-34+. The maximum absolute atomic E-state index is 12.8. The zero-order chi connectivity index (χ0) is 38.6. The van der Waals surface area contributed by atoms with E-state index in [-0.39, 0.29) is 12.5 Å². The second kappa shape index (κ2) is 35.4. The van der Waals surface area contributed by atoms with Crippen molar-refractivity contribution in [2.24, 2.45) is 0 Å². The zero-order valence-corrected chi connectivity index (χ0v) is 35.4. The molecule has 0 radical (unpaired) electrons. The monoisotopic (exact) mass is 755 g/mol. The maximum Gasteiger partial charge on any atom is 0.268 e. The van der Waals surface area contributed by atoms with Crippen LogP contribution in [-0.2, 0) is 18.4 Å². The van der Waals surface area contributed by atoms with Crippen LogP contribution in [0.3, 0.4) is 0 Å². The van der Waals surface area contributed by atoms with Gasteiger partial charge in [-0.25, -0.2) is 0 Å². The molecule has 3 atom stereocenters. The highest BCUT2D eigenvalue weighted by Gasteiger charge is 2.23. The first kappa shape index (κ1) is 50.7. The Morgan fingerprint density at radius 2 is 1.10 bits per heavy atom. The molecular formula is C43H83N2O6P. The van der Waals surface area contributed by atoms with E-state index in [9.17, 15) is 19.4 Å². The topological polar surface area (TPSA) is 108 Å². The molecule has 2 N–H and O–H groups in total. The molecule has 52 heavy (non-hydrogen) atoms. The van der Waals surface area contributed by atoms with E-state index >= 15 is 0 Å². The molecule has 3 unspecified atom stereocenters. The summed E-state index contributed by atoms with van der Waals surface area (Å²) in [5.41, 5.74) is 0. The van der Waals surface area contributed by atoms with E-state index in [0.29, 0.717) is 17.4 Å². The predicted molar refractivity (Wildman–Crippen MR) is 219 cm³/mol. The predicted octanol–water partition coefficient (Wildman–Crippen LogP) is 10.9. The van der Waals surface area contributed by atoms with Crippen molar-refractivity contribution in [3.05, 3.63) is 36.5 Å². The van der Waals surface area contributed by atoms with Gasteiger partial charge in [0.25, 0.3) is 7.82 Å². The highest BCUT2D eigenvalue weighted by molar-refractivity contribution is 7.45. The highest BCUT2D eigenvalue weighted by Crippen LogP contribution is 2.38. The number of aliphatic hydroxyl groups excluding tert-OH is 1. The van der Waals surface area contributed by atoms with Crippen molar-refractivity contribution in [3.8, 4) is 0 Å². The number of amides is 1. The number of rotatable bonds is 38. The van der Waals surface area contributed by atoms with Gasteiger partial charge in [-0.3, -0.25) is 9.36 Å². The Balaban J connectivity index is 4.32. The fourth-order valence-corrected chi connectivity index (χ4v) is 6.68. The summed E-state index contributed by atoms with van der Waals surface area (Å²) >= 11 is 0. The van der Waals surface area contributed by atoms with E-state index in [2.05, 4.69) is 43.5 Å². The van der Waals surface area contributed by atoms with Gasteiger partial charge in [-0.15, -0.1) is 0 Å². The molecule has 9 heteroatoms. The summed E-state index contributed by atoms with van der Waals surface area (Å²) in [6, 6.07) is -0.904. The molecule has 0 aromatic carbocycles. The third kappa shape index (κ3) is 37.1. The van der Waals surface area contributed by atoms with Gasteiger partial charge < -0.3 is 28.8 Å². The summed E-state index contributed by atoms with van der Waals surface area (Å²) in [5.74, 6) is -0.213. The summed E-state index contributed by atoms with van der Waals surface area (Å²) in [6.45, 7) is 4.49. The average Bonchev–Trinajstić information content (AvgIpc) is 3.09. The molecule has 0 spiro atoms. The minimum Gasteiger partial charge on any atom is -0.756 e. The molecule has 0 saturated heterocycles. The van der Waals surface area contributed by atoms with Gasteiger partial charge in [0.1, 0.15) is 13.2 Å². The lowest BCUT2D eigenvalue weighted by Gasteiger charge is -2.29. The number of carbonyl (C=O) groups is 1. The van der Waals surface area contributed by atoms with Crippen LogP contribution in [0.15, 0.2) is 36.5 Å².